The van der Waals surface area contributed by atoms with Gasteiger partial charge in [0.1, 0.15) is 9.96 Å². The average Bonchev–Trinajstić information content (AvgIpc) is 3.20. The molecule has 4 aromatic rings. The van der Waals surface area contributed by atoms with E-state index in [-0.39, 0.29) is 15.8 Å². The van der Waals surface area contributed by atoms with E-state index in [9.17, 15) is 8.42 Å². The third-order valence-electron chi connectivity index (χ3n) is 5.39. The number of hydrogen-bond donors (Lipinski definition) is 1. The molecule has 0 saturated carbocycles. The van der Waals surface area contributed by atoms with Crippen LogP contribution < -0.4 is 14.4 Å². The number of sulfonamides is 1. The summed E-state index contributed by atoms with van der Waals surface area (Å²) >= 11 is 7.34. The van der Waals surface area contributed by atoms with Crippen LogP contribution in [0.25, 0.3) is 10.8 Å². The molecule has 4 rings (SSSR count). The van der Waals surface area contributed by atoms with Crippen molar-refractivity contribution >= 4 is 49.4 Å². The maximum Gasteiger partial charge on any atom is 0.250 e. The number of halogens is 1. The number of anilines is 1. The van der Waals surface area contributed by atoms with E-state index in [1.165, 1.54) is 6.07 Å². The van der Waals surface area contributed by atoms with E-state index in [1.807, 2.05) is 66.7 Å². The zero-order chi connectivity index (χ0) is 23.4. The third-order valence-corrected chi connectivity index (χ3v) is 8.67. The summed E-state index contributed by atoms with van der Waals surface area (Å²) in [5.41, 5.74) is 1.94. The summed E-state index contributed by atoms with van der Waals surface area (Å²) in [6.07, 6.45) is 0. The monoisotopic (exact) mass is 500 g/mol. The smallest absolute Gasteiger partial charge is 0.250 e. The van der Waals surface area contributed by atoms with Crippen molar-refractivity contribution in [1.82, 2.24) is 4.72 Å². The van der Waals surface area contributed by atoms with Gasteiger partial charge in [-0.2, -0.15) is 0 Å². The van der Waals surface area contributed by atoms with Crippen LogP contribution in [-0.2, 0) is 16.6 Å². The average molecular weight is 501 g/mol. The summed E-state index contributed by atoms with van der Waals surface area (Å²) in [7, 11) is -3.75. The fourth-order valence-electron chi connectivity index (χ4n) is 3.66. The molecule has 0 fully saturated rings. The molecule has 0 aliphatic carbocycles. The minimum atomic E-state index is -3.75. The van der Waals surface area contributed by atoms with Crippen molar-refractivity contribution in [1.29, 1.82) is 0 Å². The Hall–Kier alpha value is -2.58. The van der Waals surface area contributed by atoms with E-state index in [0.717, 1.165) is 46.4 Å². The fourth-order valence-corrected chi connectivity index (χ4v) is 6.31. The third kappa shape index (κ3) is 5.33. The number of fused-ring (bicyclic) bond motifs is 1. The van der Waals surface area contributed by atoms with Crippen molar-refractivity contribution in [2.75, 3.05) is 18.0 Å². The molecule has 3 aromatic carbocycles. The lowest BCUT2D eigenvalue weighted by atomic mass is 10.1. The molecule has 0 aliphatic heterocycles. The molecular weight excluding hydrogens is 476 g/mol. The number of nitrogens with one attached hydrogen (secondary N) is 1. The minimum absolute atomic E-state index is 0.114. The van der Waals surface area contributed by atoms with Crippen LogP contribution in [0.1, 0.15) is 19.4 Å². The Kier molecular flexibility index (Phi) is 7.24. The Labute approximate surface area is 203 Å². The molecule has 33 heavy (non-hydrogen) atoms. The van der Waals surface area contributed by atoms with Gasteiger partial charge in [0.15, 0.2) is 0 Å². The van der Waals surface area contributed by atoms with Crippen LogP contribution >= 0.6 is 22.9 Å². The van der Waals surface area contributed by atoms with E-state index in [2.05, 4.69) is 23.5 Å². The highest BCUT2D eigenvalue weighted by Gasteiger charge is 2.21. The van der Waals surface area contributed by atoms with Gasteiger partial charge in [-0.25, -0.2) is 13.1 Å². The Morgan fingerprint density at radius 2 is 1.70 bits per heavy atom. The number of hydrogen-bond acceptors (Lipinski definition) is 5. The minimum Gasteiger partial charge on any atom is -0.445 e. The second kappa shape index (κ2) is 10.1. The number of ether oxygens (including phenoxy) is 1. The standard InChI is InChI=1S/C25H25ClN2O3S2/c1-3-28(4-2)20-12-8-13-21(15-20)31-25-23(26)16-24(32-25)33(29,30)27-17-19-11-7-10-18-9-5-6-14-22(18)19/h5-16,27H,3-4,17H2,1-2H3. The van der Waals surface area contributed by atoms with E-state index in [0.29, 0.717) is 10.8 Å². The molecule has 0 amide bonds. The highest BCUT2D eigenvalue weighted by molar-refractivity contribution is 7.91. The van der Waals surface area contributed by atoms with E-state index < -0.39 is 10.0 Å². The summed E-state index contributed by atoms with van der Waals surface area (Å²) in [5.74, 6) is 0.607. The molecule has 0 bridgehead atoms. The first-order valence-electron chi connectivity index (χ1n) is 10.7. The number of rotatable bonds is 9. The maximum atomic E-state index is 13.0. The van der Waals surface area contributed by atoms with Crippen LogP contribution in [-0.4, -0.2) is 21.5 Å². The van der Waals surface area contributed by atoms with Crippen molar-refractivity contribution in [3.8, 4) is 10.8 Å². The van der Waals surface area contributed by atoms with Gasteiger partial charge in [-0.3, -0.25) is 0 Å². The molecule has 0 radical (unpaired) electrons. The maximum absolute atomic E-state index is 13.0. The molecule has 0 spiro atoms. The van der Waals surface area contributed by atoms with Crippen molar-refractivity contribution in [2.24, 2.45) is 0 Å². The molecule has 0 aliphatic rings. The number of thiophene rings is 1. The van der Waals surface area contributed by atoms with Gasteiger partial charge in [0.05, 0.1) is 5.02 Å². The topological polar surface area (TPSA) is 58.6 Å². The molecule has 1 heterocycles. The molecule has 0 atom stereocenters. The summed E-state index contributed by atoms with van der Waals surface area (Å²) in [5, 5.41) is 2.69. The van der Waals surface area contributed by atoms with Gasteiger partial charge in [-0.15, -0.1) is 0 Å². The van der Waals surface area contributed by atoms with Crippen molar-refractivity contribution in [3.63, 3.8) is 0 Å². The largest absolute Gasteiger partial charge is 0.445 e. The first-order valence-corrected chi connectivity index (χ1v) is 13.4. The Morgan fingerprint density at radius 1 is 0.970 bits per heavy atom. The van der Waals surface area contributed by atoms with Crippen LogP contribution in [0.3, 0.4) is 0 Å². The van der Waals surface area contributed by atoms with Gasteiger partial charge in [0.2, 0.25) is 5.06 Å². The molecule has 5 nitrogen and oxygen atoms in total. The molecule has 1 aromatic heterocycles. The quantitative estimate of drug-likeness (QED) is 0.279. The molecule has 1 N–H and O–H groups in total. The van der Waals surface area contributed by atoms with Crippen LogP contribution in [0.4, 0.5) is 5.69 Å². The van der Waals surface area contributed by atoms with Crippen LogP contribution in [0, 0.1) is 0 Å². The van der Waals surface area contributed by atoms with Crippen molar-refractivity contribution < 1.29 is 13.2 Å². The van der Waals surface area contributed by atoms with E-state index >= 15 is 0 Å². The highest BCUT2D eigenvalue weighted by atomic mass is 35.5. The van der Waals surface area contributed by atoms with Crippen LogP contribution in [0.5, 0.6) is 10.8 Å². The predicted molar refractivity (Wildman–Crippen MR) is 137 cm³/mol. The van der Waals surface area contributed by atoms with E-state index in [4.69, 9.17) is 16.3 Å². The lowest BCUT2D eigenvalue weighted by Gasteiger charge is -2.21. The number of benzene rings is 3. The fraction of sp³-hybridized carbons (Fsp3) is 0.200. The number of nitrogens with zero attached hydrogens (tertiary/aromatic N) is 1. The Morgan fingerprint density at radius 3 is 2.48 bits per heavy atom. The van der Waals surface area contributed by atoms with Gasteiger partial charge in [0.25, 0.3) is 10.0 Å². The molecule has 0 unspecified atom stereocenters. The highest BCUT2D eigenvalue weighted by Crippen LogP contribution is 2.40. The van der Waals surface area contributed by atoms with E-state index in [1.54, 1.807) is 0 Å². The molecule has 8 heteroatoms. The second-order valence-corrected chi connectivity index (χ2v) is 10.9. The van der Waals surface area contributed by atoms with Crippen LogP contribution in [0.2, 0.25) is 5.02 Å². The second-order valence-electron chi connectivity index (χ2n) is 7.44. The normalized spacial score (nSPS) is 11.6. The molecular formula is C25H25ClN2O3S2. The van der Waals surface area contributed by atoms with Gasteiger partial charge in [-0.1, -0.05) is 71.5 Å². The van der Waals surface area contributed by atoms with Gasteiger partial charge < -0.3 is 9.64 Å². The van der Waals surface area contributed by atoms with Gasteiger partial charge in [-0.05, 0) is 48.4 Å². The summed E-state index contributed by atoms with van der Waals surface area (Å²) in [4.78, 5) is 2.20. The lowest BCUT2D eigenvalue weighted by molar-refractivity contribution is 0.496. The summed E-state index contributed by atoms with van der Waals surface area (Å²) < 4.78 is 34.7. The molecule has 172 valence electrons. The lowest BCUT2D eigenvalue weighted by Crippen LogP contribution is -2.22. The predicted octanol–water partition coefficient (Wildman–Crippen LogP) is 6.67. The summed E-state index contributed by atoms with van der Waals surface area (Å²) in [6, 6.07) is 22.9. The van der Waals surface area contributed by atoms with Gasteiger partial charge >= 0.3 is 0 Å². The van der Waals surface area contributed by atoms with Crippen molar-refractivity contribution in [3.05, 3.63) is 83.4 Å². The zero-order valence-electron chi connectivity index (χ0n) is 18.4. The first-order chi connectivity index (χ1) is 15.9. The first kappa shape index (κ1) is 23.6. The Balaban J connectivity index is 1.52. The van der Waals surface area contributed by atoms with Crippen molar-refractivity contribution in [2.45, 2.75) is 24.6 Å². The Bertz CT molecular complexity index is 1360. The SMILES string of the molecule is CCN(CC)c1cccc(Oc2sc(S(=O)(=O)NCc3cccc4ccccc34)cc2Cl)c1. The zero-order valence-corrected chi connectivity index (χ0v) is 20.8. The molecule has 0 saturated heterocycles. The summed E-state index contributed by atoms with van der Waals surface area (Å²) in [6.45, 7) is 6.13. The van der Waals surface area contributed by atoms with Crippen LogP contribution in [0.15, 0.2) is 77.0 Å². The van der Waals surface area contributed by atoms with Gasteiger partial charge in [0, 0.05) is 31.4 Å².